The van der Waals surface area contributed by atoms with Crippen molar-refractivity contribution in [3.05, 3.63) is 70.4 Å². The lowest BCUT2D eigenvalue weighted by Crippen LogP contribution is -2.28. The van der Waals surface area contributed by atoms with Gasteiger partial charge in [-0.1, -0.05) is 12.1 Å². The van der Waals surface area contributed by atoms with Crippen molar-refractivity contribution in [1.29, 1.82) is 0 Å². The van der Waals surface area contributed by atoms with Gasteiger partial charge >= 0.3 is 0 Å². The first-order valence-corrected chi connectivity index (χ1v) is 9.53. The summed E-state index contributed by atoms with van der Waals surface area (Å²) in [5.74, 6) is 0.897. The molecule has 0 spiro atoms. The van der Waals surface area contributed by atoms with Crippen LogP contribution in [0.25, 0.3) is 10.9 Å². The van der Waals surface area contributed by atoms with E-state index in [1.165, 1.54) is 16.7 Å². The van der Waals surface area contributed by atoms with Gasteiger partial charge in [-0.15, -0.1) is 0 Å². The summed E-state index contributed by atoms with van der Waals surface area (Å²) >= 11 is 0. The molecular formula is C23H22N2O2. The lowest BCUT2D eigenvalue weighted by molar-refractivity contribution is 0.0792. The fourth-order valence-corrected chi connectivity index (χ4v) is 4.26. The summed E-state index contributed by atoms with van der Waals surface area (Å²) in [6, 6.07) is 12.5. The van der Waals surface area contributed by atoms with Gasteiger partial charge in [-0.3, -0.25) is 9.78 Å². The monoisotopic (exact) mass is 358 g/mol. The number of fused-ring (bicyclic) bond motifs is 4. The molecular weight excluding hydrogens is 336 g/mol. The lowest BCUT2D eigenvalue weighted by Gasteiger charge is -2.21. The van der Waals surface area contributed by atoms with Crippen LogP contribution in [0.4, 0.5) is 0 Å². The van der Waals surface area contributed by atoms with Gasteiger partial charge in [0.2, 0.25) is 0 Å². The van der Waals surface area contributed by atoms with Crippen LogP contribution in [0.1, 0.15) is 39.0 Å². The summed E-state index contributed by atoms with van der Waals surface area (Å²) < 4.78 is 6.22. The van der Waals surface area contributed by atoms with Crippen LogP contribution < -0.4 is 4.74 Å². The van der Waals surface area contributed by atoms with E-state index >= 15 is 0 Å². The molecule has 2 aliphatic rings. The van der Waals surface area contributed by atoms with Crippen molar-refractivity contribution in [2.75, 3.05) is 13.1 Å². The second-order valence-electron chi connectivity index (χ2n) is 7.65. The first kappa shape index (κ1) is 16.3. The van der Waals surface area contributed by atoms with Crippen LogP contribution in [-0.2, 0) is 6.42 Å². The van der Waals surface area contributed by atoms with Crippen LogP contribution in [0.2, 0.25) is 0 Å². The van der Waals surface area contributed by atoms with Crippen LogP contribution in [0.3, 0.4) is 0 Å². The number of carbonyl (C=O) groups is 1. The van der Waals surface area contributed by atoms with Gasteiger partial charge in [0.15, 0.2) is 0 Å². The Morgan fingerprint density at radius 3 is 2.96 bits per heavy atom. The van der Waals surface area contributed by atoms with Gasteiger partial charge in [0.1, 0.15) is 11.9 Å². The number of nitrogens with zero attached hydrogens (tertiary/aromatic N) is 2. The van der Waals surface area contributed by atoms with E-state index in [-0.39, 0.29) is 12.0 Å². The maximum Gasteiger partial charge on any atom is 0.257 e. The normalized spacial score (nSPS) is 18.4. The van der Waals surface area contributed by atoms with Crippen molar-refractivity contribution in [2.45, 2.75) is 32.8 Å². The van der Waals surface area contributed by atoms with Crippen LogP contribution in [0.15, 0.2) is 42.6 Å². The Kier molecular flexibility index (Phi) is 3.67. The van der Waals surface area contributed by atoms with Gasteiger partial charge in [-0.25, -0.2) is 0 Å². The predicted molar refractivity (Wildman–Crippen MR) is 105 cm³/mol. The van der Waals surface area contributed by atoms with E-state index in [2.05, 4.69) is 43.1 Å². The molecule has 0 aliphatic carbocycles. The minimum atomic E-state index is 0.108. The van der Waals surface area contributed by atoms with Gasteiger partial charge in [0.05, 0.1) is 17.6 Å². The number of hydrogen-bond donors (Lipinski definition) is 0. The molecule has 1 amide bonds. The van der Waals surface area contributed by atoms with E-state index in [1.54, 1.807) is 0 Å². The number of hydrogen-bond acceptors (Lipinski definition) is 3. The largest absolute Gasteiger partial charge is 0.487 e. The van der Waals surface area contributed by atoms with E-state index < -0.39 is 0 Å². The summed E-state index contributed by atoms with van der Waals surface area (Å²) in [5.41, 5.74) is 6.43. The third-order valence-electron chi connectivity index (χ3n) is 5.96. The van der Waals surface area contributed by atoms with Gasteiger partial charge in [0, 0.05) is 24.5 Å². The summed E-state index contributed by atoms with van der Waals surface area (Å²) in [6.45, 7) is 5.70. The number of rotatable bonds is 2. The second-order valence-corrected chi connectivity index (χ2v) is 7.65. The Hall–Kier alpha value is -2.88. The highest BCUT2D eigenvalue weighted by molar-refractivity contribution is 5.98. The van der Waals surface area contributed by atoms with Gasteiger partial charge in [-0.05, 0) is 66.8 Å². The highest BCUT2D eigenvalue weighted by atomic mass is 16.5. The van der Waals surface area contributed by atoms with Crippen molar-refractivity contribution < 1.29 is 9.53 Å². The molecule has 0 radical (unpaired) electrons. The van der Waals surface area contributed by atoms with E-state index in [0.29, 0.717) is 6.54 Å². The van der Waals surface area contributed by atoms with Crippen molar-refractivity contribution in [3.63, 3.8) is 0 Å². The van der Waals surface area contributed by atoms with E-state index in [0.717, 1.165) is 47.2 Å². The first-order chi connectivity index (χ1) is 13.1. The predicted octanol–water partition coefficient (Wildman–Crippen LogP) is 4.05. The number of carbonyl (C=O) groups excluding carboxylic acids is 1. The minimum Gasteiger partial charge on any atom is -0.487 e. The SMILES string of the molecule is Cc1c(Cc2ccc3ncccc3c2)cc2c(c1C)O[C@H]1CCN(C1)C2=O. The molecule has 5 rings (SSSR count). The lowest BCUT2D eigenvalue weighted by atomic mass is 9.92. The maximum atomic E-state index is 13.0. The Bertz CT molecular complexity index is 1070. The zero-order chi connectivity index (χ0) is 18.5. The van der Waals surface area contributed by atoms with Crippen molar-refractivity contribution >= 4 is 16.8 Å². The number of aromatic nitrogens is 1. The van der Waals surface area contributed by atoms with Crippen LogP contribution in [-0.4, -0.2) is 35.0 Å². The molecule has 1 fully saturated rings. The Balaban J connectivity index is 1.57. The van der Waals surface area contributed by atoms with Crippen LogP contribution in [0, 0.1) is 13.8 Å². The molecule has 2 aliphatic heterocycles. The molecule has 2 aromatic carbocycles. The standard InChI is InChI=1S/C23H22N2O2/c1-14-15(2)22-20(23(26)25-9-7-19(13-25)27-22)12-18(14)11-16-5-6-21-17(10-16)4-3-8-24-21/h3-6,8,10,12,19H,7,9,11,13H2,1-2H3/t19-/m0/s1. The minimum absolute atomic E-state index is 0.108. The van der Waals surface area contributed by atoms with Crippen LogP contribution in [0.5, 0.6) is 5.75 Å². The number of benzene rings is 2. The molecule has 0 N–H and O–H groups in total. The van der Waals surface area contributed by atoms with Gasteiger partial charge < -0.3 is 9.64 Å². The van der Waals surface area contributed by atoms with Gasteiger partial charge in [0.25, 0.3) is 5.91 Å². The smallest absolute Gasteiger partial charge is 0.257 e. The highest BCUT2D eigenvalue weighted by Gasteiger charge is 2.35. The summed E-state index contributed by atoms with van der Waals surface area (Å²) in [4.78, 5) is 19.3. The zero-order valence-electron chi connectivity index (χ0n) is 15.7. The Labute approximate surface area is 158 Å². The molecule has 27 heavy (non-hydrogen) atoms. The Morgan fingerprint density at radius 1 is 1.19 bits per heavy atom. The molecule has 1 saturated heterocycles. The average molecular weight is 358 g/mol. The summed E-state index contributed by atoms with van der Waals surface area (Å²) in [6.07, 6.45) is 3.67. The maximum absolute atomic E-state index is 13.0. The molecule has 1 atom stereocenters. The van der Waals surface area contributed by atoms with Gasteiger partial charge in [-0.2, -0.15) is 0 Å². The van der Waals surface area contributed by atoms with Crippen LogP contribution >= 0.6 is 0 Å². The first-order valence-electron chi connectivity index (χ1n) is 9.53. The third kappa shape index (κ3) is 2.67. The summed E-state index contributed by atoms with van der Waals surface area (Å²) in [5, 5.41) is 1.14. The third-order valence-corrected chi connectivity index (χ3v) is 5.96. The summed E-state index contributed by atoms with van der Waals surface area (Å²) in [7, 11) is 0. The quantitative estimate of drug-likeness (QED) is 0.694. The van der Waals surface area contributed by atoms with E-state index in [9.17, 15) is 4.79 Å². The molecule has 0 unspecified atom stereocenters. The second kappa shape index (κ2) is 6.08. The van der Waals surface area contributed by atoms with Crippen molar-refractivity contribution in [2.24, 2.45) is 0 Å². The average Bonchev–Trinajstić information content (AvgIpc) is 3.10. The molecule has 1 aromatic heterocycles. The van der Waals surface area contributed by atoms with E-state index in [4.69, 9.17) is 4.74 Å². The molecule has 4 nitrogen and oxygen atoms in total. The molecule has 136 valence electrons. The topological polar surface area (TPSA) is 42.4 Å². The van der Waals surface area contributed by atoms with E-state index in [1.807, 2.05) is 23.2 Å². The highest BCUT2D eigenvalue weighted by Crippen LogP contribution is 2.36. The molecule has 0 saturated carbocycles. The van der Waals surface area contributed by atoms with Crippen molar-refractivity contribution in [1.82, 2.24) is 9.88 Å². The number of ether oxygens (including phenoxy) is 1. The Morgan fingerprint density at radius 2 is 2.07 bits per heavy atom. The number of pyridine rings is 1. The number of amides is 1. The fraction of sp³-hybridized carbons (Fsp3) is 0.304. The molecule has 3 aromatic rings. The molecule has 2 bridgehead atoms. The molecule has 4 heteroatoms. The fourth-order valence-electron chi connectivity index (χ4n) is 4.26. The zero-order valence-corrected chi connectivity index (χ0v) is 15.7. The van der Waals surface area contributed by atoms with Crippen molar-refractivity contribution in [3.8, 4) is 5.75 Å². The molecule has 3 heterocycles.